The number of carboxylic acids is 6. The number of ether oxygens (including phenoxy) is 4. The van der Waals surface area contributed by atoms with E-state index in [2.05, 4.69) is 36.9 Å². The monoisotopic (exact) mass is 1110 g/mol. The van der Waals surface area contributed by atoms with E-state index in [4.69, 9.17) is 34.9 Å². The second-order valence-corrected chi connectivity index (χ2v) is 17.3. The highest BCUT2D eigenvalue weighted by molar-refractivity contribution is 6.09. The van der Waals surface area contributed by atoms with Gasteiger partial charge in [0.1, 0.15) is 23.8 Å². The Labute approximate surface area is 449 Å². The normalized spacial score (nSPS) is 12.5. The summed E-state index contributed by atoms with van der Waals surface area (Å²) in [5.74, 6) is -12.0. The summed E-state index contributed by atoms with van der Waals surface area (Å²) in [5.41, 5.74) is 7.17. The first kappa shape index (κ1) is 62.6. The van der Waals surface area contributed by atoms with Gasteiger partial charge in [-0.15, -0.1) is 5.10 Å². The van der Waals surface area contributed by atoms with Crippen LogP contribution in [0.25, 0.3) is 5.69 Å². The molecule has 0 unspecified atom stereocenters. The number of nitrogens with zero attached hydrogens (tertiary/aromatic N) is 3. The van der Waals surface area contributed by atoms with Gasteiger partial charge in [-0.1, -0.05) is 29.5 Å². The van der Waals surface area contributed by atoms with Crippen LogP contribution in [-0.4, -0.2) is 176 Å². The Morgan fingerprint density at radius 3 is 1.47 bits per heavy atom. The van der Waals surface area contributed by atoms with Crippen molar-refractivity contribution in [3.8, 4) is 5.69 Å². The lowest BCUT2D eigenvalue weighted by molar-refractivity contribution is -0.145. The molecule has 4 aromatic rings. The van der Waals surface area contributed by atoms with E-state index in [0.29, 0.717) is 56.4 Å². The van der Waals surface area contributed by atoms with Crippen molar-refractivity contribution in [2.75, 3.05) is 63.4 Å². The first-order valence-corrected chi connectivity index (χ1v) is 24.3. The van der Waals surface area contributed by atoms with Crippen LogP contribution in [0.2, 0.25) is 0 Å². The lowest BCUT2D eigenvalue weighted by Crippen LogP contribution is -2.51. The first-order valence-electron chi connectivity index (χ1n) is 24.3. The van der Waals surface area contributed by atoms with Gasteiger partial charge >= 0.3 is 41.8 Å². The quantitative estimate of drug-likeness (QED) is 0.0280. The maximum Gasteiger partial charge on any atom is 0.326 e. The van der Waals surface area contributed by atoms with Crippen molar-refractivity contribution in [3.63, 3.8) is 0 Å². The second kappa shape index (κ2) is 32.6. The Hall–Kier alpha value is -8.90. The molecule has 0 fully saturated rings. The largest absolute Gasteiger partial charge is 0.481 e. The number of carbonyl (C=O) groups is 10. The molecule has 426 valence electrons. The predicted octanol–water partition coefficient (Wildman–Crippen LogP) is 0.978. The third-order valence-corrected chi connectivity index (χ3v) is 11.1. The van der Waals surface area contributed by atoms with Gasteiger partial charge in [-0.25, -0.2) is 23.9 Å². The molecule has 29 nitrogen and oxygen atoms in total. The van der Waals surface area contributed by atoms with Gasteiger partial charge in [0.25, 0.3) is 11.8 Å². The molecule has 0 aliphatic carbocycles. The van der Waals surface area contributed by atoms with Gasteiger partial charge in [-0.3, -0.25) is 28.8 Å². The molecule has 0 radical (unpaired) electrons. The van der Waals surface area contributed by atoms with E-state index in [1.807, 2.05) is 0 Å². The number of aliphatic carboxylic acids is 6. The molecule has 0 saturated carbocycles. The average Bonchev–Trinajstić information content (AvgIpc) is 3.94. The summed E-state index contributed by atoms with van der Waals surface area (Å²) >= 11 is 0. The number of nitrogens with one attached hydrogen (secondary N) is 5. The number of anilines is 2. The molecule has 5 amide bonds. The Kier molecular flexibility index (Phi) is 25.9. The van der Waals surface area contributed by atoms with Crippen LogP contribution in [0, 0.1) is 5.92 Å². The smallest absolute Gasteiger partial charge is 0.326 e. The van der Waals surface area contributed by atoms with E-state index in [9.17, 15) is 68.4 Å². The fraction of sp³-hybridized carbons (Fsp3) is 0.400. The molecule has 0 aliphatic rings. The molecule has 4 rings (SSSR count). The molecule has 3 aromatic carbocycles. The predicted molar refractivity (Wildman–Crippen MR) is 272 cm³/mol. The number of nitrogens with two attached hydrogens (primary N) is 1. The summed E-state index contributed by atoms with van der Waals surface area (Å²) in [4.78, 5) is 122. The van der Waals surface area contributed by atoms with E-state index >= 15 is 0 Å². The van der Waals surface area contributed by atoms with E-state index in [1.165, 1.54) is 77.6 Å². The summed E-state index contributed by atoms with van der Waals surface area (Å²) in [6.07, 6.45) is -1.54. The number of carboxylic acid groups (broad SMARTS) is 6. The minimum atomic E-state index is -1.60. The Balaban J connectivity index is 1.48. The van der Waals surface area contributed by atoms with E-state index < -0.39 is 116 Å². The van der Waals surface area contributed by atoms with Gasteiger partial charge in [-0.05, 0) is 72.9 Å². The first-order chi connectivity index (χ1) is 37.7. The molecule has 0 saturated heterocycles. The maximum atomic E-state index is 13.9. The summed E-state index contributed by atoms with van der Waals surface area (Å²) in [5, 5.41) is 76.2. The number of amides is 5. The molecule has 0 aliphatic heterocycles. The Morgan fingerprint density at radius 1 is 0.544 bits per heavy atom. The van der Waals surface area contributed by atoms with E-state index in [0.717, 1.165) is 0 Å². The molecule has 29 heteroatoms. The minimum Gasteiger partial charge on any atom is -0.481 e. The molecule has 13 N–H and O–H groups in total. The highest BCUT2D eigenvalue weighted by Gasteiger charge is 2.28. The number of carbonyl (C=O) groups excluding carboxylic acids is 4. The zero-order valence-electron chi connectivity index (χ0n) is 42.4. The van der Waals surface area contributed by atoms with Crippen LogP contribution in [-0.2, 0) is 72.0 Å². The maximum absolute atomic E-state index is 13.9. The fourth-order valence-electron chi connectivity index (χ4n) is 7.12. The molecule has 0 spiro atoms. The molecule has 4 atom stereocenters. The highest BCUT2D eigenvalue weighted by Crippen LogP contribution is 2.21. The summed E-state index contributed by atoms with van der Waals surface area (Å²) < 4.78 is 23.1. The van der Waals surface area contributed by atoms with Crippen molar-refractivity contribution in [1.82, 2.24) is 30.9 Å². The lowest BCUT2D eigenvalue weighted by Gasteiger charge is -2.18. The van der Waals surface area contributed by atoms with Crippen molar-refractivity contribution in [2.24, 2.45) is 11.7 Å². The molecule has 1 heterocycles. The van der Waals surface area contributed by atoms with E-state index in [-0.39, 0.29) is 60.9 Å². The highest BCUT2D eigenvalue weighted by atomic mass is 16.6. The topological polar surface area (TPSA) is 446 Å². The van der Waals surface area contributed by atoms with Crippen LogP contribution in [0.5, 0.6) is 0 Å². The number of aromatic nitrogens is 3. The van der Waals surface area contributed by atoms with Gasteiger partial charge in [0.15, 0.2) is 0 Å². The standard InChI is InChI=1S/C50H61N9O20/c51-13-14-76-15-16-77-17-18-78-19-20-79-28-36-27-59(58-57-36)37-24-31(44(65)52-34-5-1-29(2-6-34)21-33(46(67)68)26-41(60)54-38(47(69)70)9-11-42(61)62)23-32(25-37)45(66)53-35-7-3-30(4-8-35)22-40(49(73)74)56-50(75)55-39(48(71)72)10-12-43(63)64/h1-8,23-25,27,33,38-40H,9-22,26,28,51H2,(H,52,65)(H,53,66)(H,54,60)(H,61,62)(H,63,64)(H,67,68)(H,69,70)(H,71,72)(H,73,74)(H2,55,56,75)/t33-,38+,39+,40+/m1/s1. The van der Waals surface area contributed by atoms with Crippen molar-refractivity contribution in [3.05, 3.63) is 101 Å². The second-order valence-electron chi connectivity index (χ2n) is 17.3. The van der Waals surface area contributed by atoms with Gasteiger partial charge in [0.2, 0.25) is 5.91 Å². The van der Waals surface area contributed by atoms with Crippen LogP contribution in [0.4, 0.5) is 16.2 Å². The van der Waals surface area contributed by atoms with Gasteiger partial charge < -0.3 is 81.9 Å². The number of hydrogen-bond acceptors (Lipinski definition) is 17. The Bertz CT molecular complexity index is 2590. The third-order valence-electron chi connectivity index (χ3n) is 11.1. The van der Waals surface area contributed by atoms with Crippen LogP contribution in [0.15, 0.2) is 72.9 Å². The SMILES string of the molecule is NCCOCCOCCOCCOCc1cn(-c2cc(C(=O)Nc3ccc(C[C@H](CC(=O)N[C@@H](CCC(=O)O)C(=O)O)C(=O)O)cc3)cc(C(=O)Nc3ccc(C[C@H](NC(=O)N[C@@H](CCC(=O)O)C(=O)O)C(=O)O)cc3)c2)nn1. The molecular formula is C50H61N9O20. The zero-order chi connectivity index (χ0) is 57.9. The average molecular weight is 1110 g/mol. The summed E-state index contributed by atoms with van der Waals surface area (Å²) in [6, 6.07) is 10.0. The number of urea groups is 1. The van der Waals surface area contributed by atoms with Crippen LogP contribution >= 0.6 is 0 Å². The number of benzene rings is 3. The van der Waals surface area contributed by atoms with Crippen molar-refractivity contribution < 1.29 is 97.5 Å². The fourth-order valence-corrected chi connectivity index (χ4v) is 7.12. The summed E-state index contributed by atoms with van der Waals surface area (Å²) in [7, 11) is 0. The number of rotatable bonds is 37. The van der Waals surface area contributed by atoms with E-state index in [1.54, 1.807) is 0 Å². The van der Waals surface area contributed by atoms with Crippen LogP contribution in [0.3, 0.4) is 0 Å². The van der Waals surface area contributed by atoms with Gasteiger partial charge in [-0.2, -0.15) is 0 Å². The van der Waals surface area contributed by atoms with Crippen LogP contribution < -0.4 is 32.3 Å². The summed E-state index contributed by atoms with van der Waals surface area (Å²) in [6.45, 7) is 2.85. The van der Waals surface area contributed by atoms with Crippen molar-refractivity contribution >= 4 is 70.9 Å². The van der Waals surface area contributed by atoms with Gasteiger partial charge in [0, 0.05) is 54.7 Å². The molecule has 79 heavy (non-hydrogen) atoms. The van der Waals surface area contributed by atoms with Crippen molar-refractivity contribution in [1.29, 1.82) is 0 Å². The number of hydrogen-bond donors (Lipinski definition) is 12. The molecule has 1 aromatic heterocycles. The third kappa shape index (κ3) is 23.1. The lowest BCUT2D eigenvalue weighted by atomic mass is 9.95. The molecular weight excluding hydrogens is 1050 g/mol. The van der Waals surface area contributed by atoms with Crippen molar-refractivity contribution in [2.45, 2.75) is 69.7 Å². The zero-order valence-corrected chi connectivity index (χ0v) is 42.4. The van der Waals surface area contributed by atoms with Crippen LogP contribution in [0.1, 0.15) is 69.6 Å². The Morgan fingerprint density at radius 2 is 1.00 bits per heavy atom. The van der Waals surface area contributed by atoms with Gasteiger partial charge in [0.05, 0.1) is 70.7 Å². The molecule has 0 bridgehead atoms. The minimum absolute atomic E-state index is 0.0221.